The Hall–Kier alpha value is -1.53. The highest BCUT2D eigenvalue weighted by atomic mass is 79.9. The molecule has 0 saturated carbocycles. The molecule has 0 bridgehead atoms. The van der Waals surface area contributed by atoms with Gasteiger partial charge in [-0.3, -0.25) is 0 Å². The Morgan fingerprint density at radius 2 is 2.21 bits per heavy atom. The number of thiophene rings is 1. The maximum atomic E-state index is 12.0. The molecule has 2 rings (SSSR count). The lowest BCUT2D eigenvalue weighted by Crippen LogP contribution is -2.07. The molecule has 0 aliphatic heterocycles. The Morgan fingerprint density at radius 1 is 1.42 bits per heavy atom. The van der Waals surface area contributed by atoms with E-state index in [9.17, 15) is 4.79 Å². The number of halogens is 1. The van der Waals surface area contributed by atoms with Gasteiger partial charge in [0, 0.05) is 16.2 Å². The van der Waals surface area contributed by atoms with Gasteiger partial charge in [0.2, 0.25) is 0 Å². The SMILES string of the molecule is COc1cc(N)ccc1C(=O)OCc1sccc1Br. The number of methoxy groups -OCH3 is 1. The molecule has 0 spiro atoms. The second-order valence-electron chi connectivity index (χ2n) is 3.73. The molecule has 0 amide bonds. The fourth-order valence-electron chi connectivity index (χ4n) is 1.51. The van der Waals surface area contributed by atoms with Crippen LogP contribution in [0.1, 0.15) is 15.2 Å². The van der Waals surface area contributed by atoms with Crippen molar-refractivity contribution in [2.24, 2.45) is 0 Å². The molecule has 1 aromatic carbocycles. The first-order valence-electron chi connectivity index (χ1n) is 5.44. The number of anilines is 1. The van der Waals surface area contributed by atoms with Crippen LogP contribution in [0.5, 0.6) is 5.75 Å². The van der Waals surface area contributed by atoms with Crippen molar-refractivity contribution in [2.75, 3.05) is 12.8 Å². The van der Waals surface area contributed by atoms with Crippen LogP contribution >= 0.6 is 27.3 Å². The zero-order chi connectivity index (χ0) is 13.8. The highest BCUT2D eigenvalue weighted by Gasteiger charge is 2.14. The second kappa shape index (κ2) is 6.08. The Morgan fingerprint density at radius 3 is 2.84 bits per heavy atom. The summed E-state index contributed by atoms with van der Waals surface area (Å²) in [6.45, 7) is 0.227. The number of rotatable bonds is 4. The minimum Gasteiger partial charge on any atom is -0.496 e. The molecule has 2 aromatic rings. The summed E-state index contributed by atoms with van der Waals surface area (Å²) in [7, 11) is 1.49. The number of benzene rings is 1. The van der Waals surface area contributed by atoms with Crippen LogP contribution in [-0.4, -0.2) is 13.1 Å². The molecule has 2 N–H and O–H groups in total. The molecule has 1 heterocycles. The summed E-state index contributed by atoms with van der Waals surface area (Å²) in [4.78, 5) is 12.9. The molecule has 6 heteroatoms. The van der Waals surface area contributed by atoms with Gasteiger partial charge in [-0.15, -0.1) is 11.3 Å². The van der Waals surface area contributed by atoms with Crippen LogP contribution in [0.3, 0.4) is 0 Å². The fraction of sp³-hybridized carbons (Fsp3) is 0.154. The number of nitrogen functional groups attached to an aromatic ring is 1. The Balaban J connectivity index is 2.10. The van der Waals surface area contributed by atoms with E-state index in [4.69, 9.17) is 15.2 Å². The Kier molecular flexibility index (Phi) is 4.44. The number of carbonyl (C=O) groups excluding carboxylic acids is 1. The van der Waals surface area contributed by atoms with Gasteiger partial charge < -0.3 is 15.2 Å². The molecule has 4 nitrogen and oxygen atoms in total. The van der Waals surface area contributed by atoms with Gasteiger partial charge in [0.25, 0.3) is 0 Å². The molecule has 100 valence electrons. The average Bonchev–Trinajstić information content (AvgIpc) is 2.81. The van der Waals surface area contributed by atoms with E-state index in [-0.39, 0.29) is 6.61 Å². The third-order valence-corrected chi connectivity index (χ3v) is 4.37. The molecule has 1 aromatic heterocycles. The zero-order valence-electron chi connectivity index (χ0n) is 10.2. The summed E-state index contributed by atoms with van der Waals surface area (Å²) >= 11 is 4.91. The number of nitrogens with two attached hydrogens (primary N) is 1. The van der Waals surface area contributed by atoms with Crippen LogP contribution < -0.4 is 10.5 Å². The van der Waals surface area contributed by atoms with Crippen molar-refractivity contribution in [3.05, 3.63) is 44.6 Å². The van der Waals surface area contributed by atoms with Crippen LogP contribution in [0, 0.1) is 0 Å². The summed E-state index contributed by atoms with van der Waals surface area (Å²) in [6, 6.07) is 6.75. The minimum absolute atomic E-state index is 0.227. The van der Waals surface area contributed by atoms with E-state index in [0.717, 1.165) is 9.35 Å². The third kappa shape index (κ3) is 3.27. The van der Waals surface area contributed by atoms with Gasteiger partial charge in [-0.2, -0.15) is 0 Å². The zero-order valence-corrected chi connectivity index (χ0v) is 12.6. The quantitative estimate of drug-likeness (QED) is 0.683. The lowest BCUT2D eigenvalue weighted by molar-refractivity contribution is 0.0472. The van der Waals surface area contributed by atoms with E-state index in [0.29, 0.717) is 17.0 Å². The highest BCUT2D eigenvalue weighted by Crippen LogP contribution is 2.25. The normalized spacial score (nSPS) is 10.2. The molecule has 0 radical (unpaired) electrons. The summed E-state index contributed by atoms with van der Waals surface area (Å²) in [5, 5.41) is 1.93. The van der Waals surface area contributed by atoms with E-state index in [1.807, 2.05) is 11.4 Å². The average molecular weight is 342 g/mol. The predicted molar refractivity (Wildman–Crippen MR) is 78.5 cm³/mol. The maximum absolute atomic E-state index is 12.0. The van der Waals surface area contributed by atoms with Crippen molar-refractivity contribution < 1.29 is 14.3 Å². The van der Waals surface area contributed by atoms with Crippen LogP contribution in [-0.2, 0) is 11.3 Å². The lowest BCUT2D eigenvalue weighted by Gasteiger charge is -2.09. The molecule has 0 atom stereocenters. The largest absolute Gasteiger partial charge is 0.496 e. The number of ether oxygens (including phenoxy) is 2. The van der Waals surface area contributed by atoms with Crippen LogP contribution in [0.15, 0.2) is 34.1 Å². The summed E-state index contributed by atoms with van der Waals surface area (Å²) in [5.74, 6) is -0.0209. The standard InChI is InChI=1S/C13H12BrNO3S/c1-17-11-6-8(15)2-3-9(11)13(16)18-7-12-10(14)4-5-19-12/h2-6H,7,15H2,1H3. The first kappa shape index (κ1) is 13.9. The van der Waals surface area contributed by atoms with E-state index < -0.39 is 5.97 Å². The molecule has 19 heavy (non-hydrogen) atoms. The van der Waals surface area contributed by atoms with Gasteiger partial charge in [-0.05, 0) is 39.5 Å². The lowest BCUT2D eigenvalue weighted by atomic mass is 10.2. The van der Waals surface area contributed by atoms with Gasteiger partial charge in [0.05, 0.1) is 12.0 Å². The molecule has 0 aliphatic carbocycles. The number of hydrogen-bond acceptors (Lipinski definition) is 5. The summed E-state index contributed by atoms with van der Waals surface area (Å²) in [5.41, 5.74) is 6.54. The van der Waals surface area contributed by atoms with Crippen molar-refractivity contribution in [1.29, 1.82) is 0 Å². The van der Waals surface area contributed by atoms with Gasteiger partial charge in [-0.25, -0.2) is 4.79 Å². The topological polar surface area (TPSA) is 61.5 Å². The van der Waals surface area contributed by atoms with Crippen molar-refractivity contribution in [2.45, 2.75) is 6.61 Å². The molecule has 0 aliphatic rings. The van der Waals surface area contributed by atoms with Crippen molar-refractivity contribution >= 4 is 38.9 Å². The maximum Gasteiger partial charge on any atom is 0.342 e. The number of esters is 1. The minimum atomic E-state index is -0.433. The second-order valence-corrected chi connectivity index (χ2v) is 5.58. The first-order valence-corrected chi connectivity index (χ1v) is 7.11. The van der Waals surface area contributed by atoms with Gasteiger partial charge in [0.15, 0.2) is 0 Å². The van der Waals surface area contributed by atoms with E-state index in [1.165, 1.54) is 18.4 Å². The Labute approximate surface area is 123 Å². The summed E-state index contributed by atoms with van der Waals surface area (Å²) < 4.78 is 11.3. The van der Waals surface area contributed by atoms with Crippen LogP contribution in [0.4, 0.5) is 5.69 Å². The van der Waals surface area contributed by atoms with Gasteiger partial charge >= 0.3 is 5.97 Å². The third-order valence-electron chi connectivity index (χ3n) is 2.47. The first-order chi connectivity index (χ1) is 9.11. The molecular formula is C13H12BrNO3S. The smallest absolute Gasteiger partial charge is 0.342 e. The molecular weight excluding hydrogens is 330 g/mol. The van der Waals surface area contributed by atoms with Crippen molar-refractivity contribution in [3.8, 4) is 5.75 Å². The van der Waals surface area contributed by atoms with Crippen LogP contribution in [0.2, 0.25) is 0 Å². The van der Waals surface area contributed by atoms with E-state index in [1.54, 1.807) is 18.2 Å². The predicted octanol–water partition coefficient (Wildman–Crippen LogP) is 3.46. The van der Waals surface area contributed by atoms with Gasteiger partial charge in [-0.1, -0.05) is 0 Å². The number of hydrogen-bond donors (Lipinski definition) is 1. The summed E-state index contributed by atoms with van der Waals surface area (Å²) in [6.07, 6.45) is 0. The molecule has 0 saturated heterocycles. The van der Waals surface area contributed by atoms with Crippen molar-refractivity contribution in [3.63, 3.8) is 0 Å². The van der Waals surface area contributed by atoms with E-state index >= 15 is 0 Å². The Bertz CT molecular complexity index is 597. The monoisotopic (exact) mass is 341 g/mol. The number of carbonyl (C=O) groups is 1. The fourth-order valence-corrected chi connectivity index (χ4v) is 2.89. The highest BCUT2D eigenvalue weighted by molar-refractivity contribution is 9.10. The molecule has 0 fully saturated rings. The molecule has 0 unspecified atom stereocenters. The van der Waals surface area contributed by atoms with Gasteiger partial charge in [0.1, 0.15) is 17.9 Å². The van der Waals surface area contributed by atoms with Crippen molar-refractivity contribution in [1.82, 2.24) is 0 Å². The van der Waals surface area contributed by atoms with Crippen LogP contribution in [0.25, 0.3) is 0 Å². The van der Waals surface area contributed by atoms with E-state index in [2.05, 4.69) is 15.9 Å².